The Morgan fingerprint density at radius 3 is 2.74 bits per heavy atom. The Morgan fingerprint density at radius 1 is 1.35 bits per heavy atom. The van der Waals surface area contributed by atoms with E-state index in [1.807, 2.05) is 25.7 Å². The number of hydrogen-bond donors (Lipinski definition) is 2. The van der Waals surface area contributed by atoms with Gasteiger partial charge in [-0.3, -0.25) is 20.1 Å². The third kappa shape index (κ3) is 13.3. The predicted octanol–water partition coefficient (Wildman–Crippen LogP) is 5.41. The van der Waals surface area contributed by atoms with Crippen LogP contribution < -0.4 is 10.6 Å². The van der Waals surface area contributed by atoms with E-state index in [2.05, 4.69) is 39.1 Å². The number of halogens is 4. The maximum Gasteiger partial charge on any atom is 0.417 e. The Kier molecular flexibility index (Phi) is 15.4. The van der Waals surface area contributed by atoms with E-state index in [0.29, 0.717) is 43.2 Å². The van der Waals surface area contributed by atoms with Crippen LogP contribution in [0.2, 0.25) is 0 Å². The monoisotopic (exact) mass is 606 g/mol. The Bertz CT molecular complexity index is 1130. The number of allylic oxidation sites excluding steroid dienone is 4. The molecule has 238 valence electrons. The van der Waals surface area contributed by atoms with Crippen molar-refractivity contribution in [3.8, 4) is 11.8 Å². The third-order valence-corrected chi connectivity index (χ3v) is 7.24. The molecule has 2 rings (SSSR count). The molecule has 11 heteroatoms. The topological polar surface area (TPSA) is 72.3 Å². The average molecular weight is 607 g/mol. The number of likely N-dealkylation sites (N-methyl/N-ethyl adjacent to an activating group) is 1. The first-order valence-electron chi connectivity index (χ1n) is 14.9. The van der Waals surface area contributed by atoms with Gasteiger partial charge in [0.15, 0.2) is 0 Å². The molecule has 2 unspecified atom stereocenters. The molecule has 1 heterocycles. The van der Waals surface area contributed by atoms with Crippen molar-refractivity contribution in [1.82, 2.24) is 20.5 Å². The minimum Gasteiger partial charge on any atom is -0.339 e. The zero-order chi connectivity index (χ0) is 31.8. The lowest BCUT2D eigenvalue weighted by Crippen LogP contribution is -2.43. The Labute approximate surface area is 253 Å². The number of nitrogens with zero attached hydrogens (tertiary/aromatic N) is 4. The number of hydrazone groups is 1. The molecule has 0 aromatic rings. The summed E-state index contributed by atoms with van der Waals surface area (Å²) in [7, 11) is 1.67. The van der Waals surface area contributed by atoms with Crippen LogP contribution in [0.25, 0.3) is 0 Å². The van der Waals surface area contributed by atoms with Gasteiger partial charge in [0.05, 0.1) is 23.4 Å². The summed E-state index contributed by atoms with van der Waals surface area (Å²) in [6.07, 6.45) is 8.20. The first kappa shape index (κ1) is 36.0. The smallest absolute Gasteiger partial charge is 0.339 e. The van der Waals surface area contributed by atoms with Gasteiger partial charge in [0.1, 0.15) is 12.8 Å². The van der Waals surface area contributed by atoms with Crippen molar-refractivity contribution in [2.24, 2.45) is 21.9 Å². The first-order valence-corrected chi connectivity index (χ1v) is 14.9. The number of amides is 1. The average Bonchev–Trinajstić information content (AvgIpc) is 3.82. The summed E-state index contributed by atoms with van der Waals surface area (Å²) >= 11 is 0. The SMILES string of the molecule is C=C(/C(=C\C=C/C(C)C(=O)N(CC1CC1)[C@@H](C)CCCNCC1N=CC(C(F)(F)F)=CCN1)CF)N(C)/N=C\C#CCC. The number of hydrogen-bond acceptors (Lipinski definition) is 6. The molecule has 0 aromatic heterocycles. The molecule has 7 nitrogen and oxygen atoms in total. The van der Waals surface area contributed by atoms with Crippen LogP contribution >= 0.6 is 0 Å². The number of nitrogens with one attached hydrogen (secondary N) is 2. The summed E-state index contributed by atoms with van der Waals surface area (Å²) in [5.74, 6) is 5.83. The van der Waals surface area contributed by atoms with Gasteiger partial charge in [-0.05, 0) is 45.1 Å². The van der Waals surface area contributed by atoms with Gasteiger partial charge in [-0.25, -0.2) is 4.39 Å². The molecule has 1 fully saturated rings. The Morgan fingerprint density at radius 2 is 2.09 bits per heavy atom. The van der Waals surface area contributed by atoms with Crippen LogP contribution in [-0.4, -0.2) is 86.5 Å². The highest BCUT2D eigenvalue weighted by atomic mass is 19.4. The minimum absolute atomic E-state index is 0.0253. The van der Waals surface area contributed by atoms with Crippen molar-refractivity contribution in [3.05, 3.63) is 47.7 Å². The highest BCUT2D eigenvalue weighted by molar-refractivity contribution is 5.81. The molecule has 0 radical (unpaired) electrons. The third-order valence-electron chi connectivity index (χ3n) is 7.24. The largest absolute Gasteiger partial charge is 0.417 e. The molecule has 1 aliphatic heterocycles. The summed E-state index contributed by atoms with van der Waals surface area (Å²) in [6.45, 7) is 10.9. The van der Waals surface area contributed by atoms with Crippen LogP contribution in [0.1, 0.15) is 52.9 Å². The van der Waals surface area contributed by atoms with Crippen LogP contribution in [0.3, 0.4) is 0 Å². The van der Waals surface area contributed by atoms with E-state index in [4.69, 9.17) is 0 Å². The quantitative estimate of drug-likeness (QED) is 0.0616. The second kappa shape index (κ2) is 18.4. The van der Waals surface area contributed by atoms with Gasteiger partial charge < -0.3 is 10.2 Å². The number of rotatable bonds is 16. The van der Waals surface area contributed by atoms with Crippen molar-refractivity contribution in [1.29, 1.82) is 0 Å². The second-order valence-corrected chi connectivity index (χ2v) is 10.9. The minimum atomic E-state index is -4.40. The number of carbonyl (C=O) groups is 1. The van der Waals surface area contributed by atoms with E-state index in [-0.39, 0.29) is 24.4 Å². The van der Waals surface area contributed by atoms with E-state index in [1.165, 1.54) is 11.2 Å². The Hall–Kier alpha value is -3.23. The number of alkyl halides is 4. The summed E-state index contributed by atoms with van der Waals surface area (Å²) in [4.78, 5) is 19.4. The van der Waals surface area contributed by atoms with E-state index in [0.717, 1.165) is 38.0 Å². The maximum atomic E-state index is 13.7. The normalized spacial score (nSPS) is 19.0. The molecule has 1 saturated carbocycles. The van der Waals surface area contributed by atoms with Gasteiger partial charge >= 0.3 is 6.18 Å². The summed E-state index contributed by atoms with van der Waals surface area (Å²) in [5.41, 5.74) is 0.0236. The van der Waals surface area contributed by atoms with Gasteiger partial charge in [-0.15, -0.1) is 0 Å². The molecule has 2 aliphatic rings. The van der Waals surface area contributed by atoms with Gasteiger partial charge in [-0.1, -0.05) is 56.6 Å². The fourth-order valence-corrected chi connectivity index (χ4v) is 4.32. The van der Waals surface area contributed by atoms with Crippen LogP contribution in [0.4, 0.5) is 17.6 Å². The van der Waals surface area contributed by atoms with E-state index < -0.39 is 24.6 Å². The van der Waals surface area contributed by atoms with Crippen LogP contribution in [-0.2, 0) is 4.79 Å². The molecule has 1 aliphatic carbocycles. The second-order valence-electron chi connectivity index (χ2n) is 10.9. The lowest BCUT2D eigenvalue weighted by atomic mass is 10.0. The van der Waals surface area contributed by atoms with Crippen LogP contribution in [0.5, 0.6) is 0 Å². The zero-order valence-electron chi connectivity index (χ0n) is 25.8. The molecule has 0 saturated heterocycles. The maximum absolute atomic E-state index is 13.7. The lowest BCUT2D eigenvalue weighted by Gasteiger charge is -2.31. The Balaban J connectivity index is 1.87. The summed E-state index contributed by atoms with van der Waals surface area (Å²) in [5, 5.41) is 11.8. The van der Waals surface area contributed by atoms with Crippen LogP contribution in [0, 0.1) is 23.7 Å². The number of aliphatic imine (C=N–C) groups is 1. The van der Waals surface area contributed by atoms with Gasteiger partial charge in [0.2, 0.25) is 5.91 Å². The van der Waals surface area contributed by atoms with Gasteiger partial charge in [-0.2, -0.15) is 18.3 Å². The van der Waals surface area contributed by atoms with Crippen molar-refractivity contribution < 1.29 is 22.4 Å². The zero-order valence-corrected chi connectivity index (χ0v) is 25.8. The molecule has 43 heavy (non-hydrogen) atoms. The van der Waals surface area contributed by atoms with Crippen molar-refractivity contribution in [2.45, 2.75) is 71.3 Å². The fraction of sp³-hybridized carbons (Fsp3) is 0.594. The molecule has 0 bridgehead atoms. The lowest BCUT2D eigenvalue weighted by molar-refractivity contribution is -0.136. The number of carbonyl (C=O) groups excluding carboxylic acids is 1. The predicted molar refractivity (Wildman–Crippen MR) is 166 cm³/mol. The molecule has 0 aromatic carbocycles. The highest BCUT2D eigenvalue weighted by Crippen LogP contribution is 2.31. The van der Waals surface area contributed by atoms with Crippen molar-refractivity contribution in [3.63, 3.8) is 0 Å². The molecular formula is C32H46F4N6O. The van der Waals surface area contributed by atoms with Crippen molar-refractivity contribution >= 4 is 18.3 Å². The molecule has 2 N–H and O–H groups in total. The van der Waals surface area contributed by atoms with E-state index >= 15 is 0 Å². The summed E-state index contributed by atoms with van der Waals surface area (Å²) < 4.78 is 52.4. The first-order chi connectivity index (χ1) is 20.5. The van der Waals surface area contributed by atoms with Crippen molar-refractivity contribution in [2.75, 3.05) is 39.9 Å². The standard InChI is InChI=1S/C32H46F4N6O/c1-6-7-8-18-40-41(5)26(4)28(20-33)13-9-11-24(2)31(43)42(23-27-14-15-27)25(3)12-10-17-37-22-30-38-19-16-29(21-39-30)32(34,35)36/h9,11,13,16,18,21,24-25,27,30,37-38H,4,6,10,12,14-15,17,19-20,22-23H2,1-3,5H3/b11-9-,28-13-,40-18-/t24?,25-,30?/m0/s1. The van der Waals surface area contributed by atoms with E-state index in [1.54, 1.807) is 25.3 Å². The van der Waals surface area contributed by atoms with Gasteiger partial charge in [0, 0.05) is 50.9 Å². The molecule has 3 atom stereocenters. The molecular weight excluding hydrogens is 560 g/mol. The highest BCUT2D eigenvalue weighted by Gasteiger charge is 2.33. The molecule has 1 amide bonds. The molecule has 0 spiro atoms. The van der Waals surface area contributed by atoms with Crippen LogP contribution in [0.15, 0.2) is 57.8 Å². The fourth-order valence-electron chi connectivity index (χ4n) is 4.32. The van der Waals surface area contributed by atoms with E-state index in [9.17, 15) is 22.4 Å². The summed E-state index contributed by atoms with van der Waals surface area (Å²) in [6, 6.07) is 0.0253. The van der Waals surface area contributed by atoms with Gasteiger partial charge in [0.25, 0.3) is 0 Å².